The van der Waals surface area contributed by atoms with Crippen molar-refractivity contribution >= 4 is 0 Å². The number of ether oxygens (including phenoxy) is 1. The molecule has 1 aliphatic carbocycles. The van der Waals surface area contributed by atoms with Crippen molar-refractivity contribution < 1.29 is 4.74 Å². The molecule has 2 aliphatic rings. The number of fused-ring (bicyclic) bond motifs is 1. The lowest BCUT2D eigenvalue weighted by Gasteiger charge is -2.34. The summed E-state index contributed by atoms with van der Waals surface area (Å²) in [5, 5.41) is 3.85. The standard InChI is InChI=1S/C16H23NO/c1-2-18-14-7-3-6-13(11-14)16-10-9-12-5-4-8-15(12)17-16/h3,6-7,11-12,15-17H,2,4-5,8-10H2,1H3. The number of benzene rings is 1. The molecule has 1 aromatic carbocycles. The fourth-order valence-corrected chi connectivity index (χ4v) is 3.57. The van der Waals surface area contributed by atoms with Crippen LogP contribution in [-0.4, -0.2) is 12.6 Å². The lowest BCUT2D eigenvalue weighted by Crippen LogP contribution is -2.40. The first-order chi connectivity index (χ1) is 8.86. The van der Waals surface area contributed by atoms with E-state index >= 15 is 0 Å². The van der Waals surface area contributed by atoms with Gasteiger partial charge in [0.1, 0.15) is 5.75 Å². The summed E-state index contributed by atoms with van der Waals surface area (Å²) in [4.78, 5) is 0. The van der Waals surface area contributed by atoms with Crippen LogP contribution in [0.5, 0.6) is 5.75 Å². The maximum atomic E-state index is 5.60. The Morgan fingerprint density at radius 2 is 2.17 bits per heavy atom. The van der Waals surface area contributed by atoms with Gasteiger partial charge in [0.25, 0.3) is 0 Å². The lowest BCUT2D eigenvalue weighted by molar-refractivity contribution is 0.260. The maximum Gasteiger partial charge on any atom is 0.119 e. The van der Waals surface area contributed by atoms with Crippen LogP contribution in [0.3, 0.4) is 0 Å². The minimum atomic E-state index is 0.532. The Balaban J connectivity index is 1.72. The molecule has 2 nitrogen and oxygen atoms in total. The average Bonchev–Trinajstić information content (AvgIpc) is 2.86. The SMILES string of the molecule is CCOc1cccc(C2CCC3CCCC3N2)c1. The lowest BCUT2D eigenvalue weighted by atomic mass is 9.87. The van der Waals surface area contributed by atoms with Gasteiger partial charge in [-0.1, -0.05) is 18.6 Å². The molecule has 0 radical (unpaired) electrons. The summed E-state index contributed by atoms with van der Waals surface area (Å²) in [5.74, 6) is 1.95. The minimum Gasteiger partial charge on any atom is -0.494 e. The number of rotatable bonds is 3. The Kier molecular flexibility index (Phi) is 3.55. The molecule has 98 valence electrons. The summed E-state index contributed by atoms with van der Waals surface area (Å²) in [6.45, 7) is 2.78. The quantitative estimate of drug-likeness (QED) is 0.877. The molecule has 0 amide bonds. The normalized spacial score (nSPS) is 31.1. The monoisotopic (exact) mass is 245 g/mol. The zero-order valence-electron chi connectivity index (χ0n) is 11.2. The van der Waals surface area contributed by atoms with E-state index in [1.165, 1.54) is 37.7 Å². The van der Waals surface area contributed by atoms with Gasteiger partial charge >= 0.3 is 0 Å². The molecule has 3 rings (SSSR count). The molecule has 1 heterocycles. The summed E-state index contributed by atoms with van der Waals surface area (Å²) in [6, 6.07) is 9.90. The highest BCUT2D eigenvalue weighted by molar-refractivity contribution is 5.31. The molecule has 0 bridgehead atoms. The van der Waals surface area contributed by atoms with Gasteiger partial charge in [-0.2, -0.15) is 0 Å². The van der Waals surface area contributed by atoms with Crippen LogP contribution in [0, 0.1) is 5.92 Å². The van der Waals surface area contributed by atoms with E-state index in [0.717, 1.165) is 24.3 Å². The predicted molar refractivity (Wildman–Crippen MR) is 73.9 cm³/mol. The molecule has 1 saturated heterocycles. The van der Waals surface area contributed by atoms with E-state index in [4.69, 9.17) is 4.74 Å². The van der Waals surface area contributed by atoms with Gasteiger partial charge in [-0.05, 0) is 56.2 Å². The molecule has 2 fully saturated rings. The summed E-state index contributed by atoms with van der Waals surface area (Å²) in [6.07, 6.45) is 6.88. The number of piperidine rings is 1. The summed E-state index contributed by atoms with van der Waals surface area (Å²) >= 11 is 0. The largest absolute Gasteiger partial charge is 0.494 e. The van der Waals surface area contributed by atoms with E-state index in [1.54, 1.807) is 0 Å². The van der Waals surface area contributed by atoms with Crippen molar-refractivity contribution in [1.82, 2.24) is 5.32 Å². The van der Waals surface area contributed by atoms with Crippen molar-refractivity contribution in [3.8, 4) is 5.75 Å². The van der Waals surface area contributed by atoms with Gasteiger partial charge in [-0.15, -0.1) is 0 Å². The predicted octanol–water partition coefficient (Wildman–Crippen LogP) is 3.68. The van der Waals surface area contributed by atoms with Crippen LogP contribution in [0.15, 0.2) is 24.3 Å². The maximum absolute atomic E-state index is 5.60. The highest BCUT2D eigenvalue weighted by atomic mass is 16.5. The van der Waals surface area contributed by atoms with Crippen molar-refractivity contribution in [2.24, 2.45) is 5.92 Å². The average molecular weight is 245 g/mol. The summed E-state index contributed by atoms with van der Waals surface area (Å²) in [5.41, 5.74) is 1.39. The van der Waals surface area contributed by atoms with E-state index in [1.807, 2.05) is 13.0 Å². The molecule has 1 aliphatic heterocycles. The molecular weight excluding hydrogens is 222 g/mol. The van der Waals surface area contributed by atoms with Crippen LogP contribution in [0.2, 0.25) is 0 Å². The van der Waals surface area contributed by atoms with Crippen molar-refractivity contribution in [1.29, 1.82) is 0 Å². The third kappa shape index (κ3) is 2.39. The molecule has 0 spiro atoms. The minimum absolute atomic E-state index is 0.532. The van der Waals surface area contributed by atoms with Gasteiger partial charge in [0.15, 0.2) is 0 Å². The van der Waals surface area contributed by atoms with Crippen molar-refractivity contribution in [2.45, 2.75) is 51.1 Å². The van der Waals surface area contributed by atoms with Crippen LogP contribution in [0.4, 0.5) is 0 Å². The molecule has 18 heavy (non-hydrogen) atoms. The van der Waals surface area contributed by atoms with E-state index < -0.39 is 0 Å². The fourth-order valence-electron chi connectivity index (χ4n) is 3.57. The van der Waals surface area contributed by atoms with Crippen LogP contribution < -0.4 is 10.1 Å². The molecular formula is C16H23NO. The van der Waals surface area contributed by atoms with E-state index in [-0.39, 0.29) is 0 Å². The Labute approximate surface area is 110 Å². The summed E-state index contributed by atoms with van der Waals surface area (Å²) in [7, 11) is 0. The van der Waals surface area contributed by atoms with Crippen molar-refractivity contribution in [2.75, 3.05) is 6.61 Å². The first kappa shape index (κ1) is 12.0. The molecule has 1 aromatic rings. The van der Waals surface area contributed by atoms with Gasteiger partial charge in [0, 0.05) is 12.1 Å². The number of hydrogen-bond donors (Lipinski definition) is 1. The van der Waals surface area contributed by atoms with Gasteiger partial charge in [0.2, 0.25) is 0 Å². The topological polar surface area (TPSA) is 21.3 Å². The molecule has 3 atom stereocenters. The van der Waals surface area contributed by atoms with Gasteiger partial charge in [-0.3, -0.25) is 0 Å². The highest BCUT2D eigenvalue weighted by Gasteiger charge is 2.33. The number of hydrogen-bond acceptors (Lipinski definition) is 2. The number of nitrogens with one attached hydrogen (secondary N) is 1. The molecule has 1 saturated carbocycles. The van der Waals surface area contributed by atoms with E-state index in [2.05, 4.69) is 23.5 Å². The third-order valence-electron chi connectivity index (χ3n) is 4.47. The zero-order chi connectivity index (χ0) is 12.4. The smallest absolute Gasteiger partial charge is 0.119 e. The zero-order valence-corrected chi connectivity index (χ0v) is 11.2. The van der Waals surface area contributed by atoms with Crippen molar-refractivity contribution in [3.05, 3.63) is 29.8 Å². The van der Waals surface area contributed by atoms with Crippen LogP contribution in [0.25, 0.3) is 0 Å². The second-order valence-electron chi connectivity index (χ2n) is 5.60. The Morgan fingerprint density at radius 3 is 3.06 bits per heavy atom. The van der Waals surface area contributed by atoms with Gasteiger partial charge in [-0.25, -0.2) is 0 Å². The fraction of sp³-hybridized carbons (Fsp3) is 0.625. The second kappa shape index (κ2) is 5.31. The van der Waals surface area contributed by atoms with E-state index in [0.29, 0.717) is 6.04 Å². The molecule has 2 heteroatoms. The van der Waals surface area contributed by atoms with Crippen LogP contribution >= 0.6 is 0 Å². The Bertz CT molecular complexity index is 404. The first-order valence-electron chi connectivity index (χ1n) is 7.35. The Hall–Kier alpha value is -1.02. The van der Waals surface area contributed by atoms with Gasteiger partial charge in [0.05, 0.1) is 6.61 Å². The van der Waals surface area contributed by atoms with E-state index in [9.17, 15) is 0 Å². The third-order valence-corrected chi connectivity index (χ3v) is 4.47. The highest BCUT2D eigenvalue weighted by Crippen LogP contribution is 2.38. The second-order valence-corrected chi connectivity index (χ2v) is 5.60. The first-order valence-corrected chi connectivity index (χ1v) is 7.35. The Morgan fingerprint density at radius 1 is 1.22 bits per heavy atom. The van der Waals surface area contributed by atoms with Crippen LogP contribution in [-0.2, 0) is 0 Å². The molecule has 0 aromatic heterocycles. The van der Waals surface area contributed by atoms with Gasteiger partial charge < -0.3 is 10.1 Å². The molecule has 3 unspecified atom stereocenters. The van der Waals surface area contributed by atoms with Crippen molar-refractivity contribution in [3.63, 3.8) is 0 Å². The summed E-state index contributed by atoms with van der Waals surface area (Å²) < 4.78 is 5.60. The molecule has 1 N–H and O–H groups in total. The van der Waals surface area contributed by atoms with Crippen LogP contribution in [0.1, 0.15) is 50.6 Å².